The van der Waals surface area contributed by atoms with Gasteiger partial charge in [-0.3, -0.25) is 4.79 Å². The maximum absolute atomic E-state index is 13.3. The number of rotatable bonds is 5. The molecule has 0 aromatic heterocycles. The second-order valence-electron chi connectivity index (χ2n) is 6.57. The Bertz CT molecular complexity index is 985. The molecule has 0 radical (unpaired) electrons. The van der Waals surface area contributed by atoms with Gasteiger partial charge in [-0.2, -0.15) is 13.2 Å². The molecule has 0 saturated heterocycles. The van der Waals surface area contributed by atoms with E-state index < -0.39 is 29.7 Å². The molecule has 2 aromatic rings. The molecular weight excluding hydrogens is 399 g/mol. The molecule has 3 N–H and O–H groups in total. The number of amides is 3. The minimum atomic E-state index is -4.62. The largest absolute Gasteiger partial charge is 0.494 e. The molecule has 1 heterocycles. The monoisotopic (exact) mass is 419 g/mol. The molecule has 3 amide bonds. The first-order valence-electron chi connectivity index (χ1n) is 9.19. The zero-order valence-corrected chi connectivity index (χ0v) is 16.3. The number of urea groups is 1. The van der Waals surface area contributed by atoms with Crippen LogP contribution >= 0.6 is 0 Å². The zero-order valence-electron chi connectivity index (χ0n) is 16.3. The van der Waals surface area contributed by atoms with Crippen molar-refractivity contribution in [2.75, 3.05) is 11.9 Å². The van der Waals surface area contributed by atoms with Crippen LogP contribution in [-0.2, 0) is 11.0 Å². The molecule has 0 bridgehead atoms. The highest BCUT2D eigenvalue weighted by atomic mass is 19.4. The molecule has 158 valence electrons. The Labute approximate surface area is 171 Å². The Balaban J connectivity index is 1.94. The SMILES string of the molecule is CCOc1ccc([C@@H]2NC(=O)NC(C)=C2C(=O)Nc2ccccc2C(F)(F)F)cc1. The van der Waals surface area contributed by atoms with Gasteiger partial charge < -0.3 is 20.7 Å². The highest BCUT2D eigenvalue weighted by Crippen LogP contribution is 2.35. The molecule has 1 atom stereocenters. The fourth-order valence-electron chi connectivity index (χ4n) is 3.20. The van der Waals surface area contributed by atoms with Crippen LogP contribution in [0.25, 0.3) is 0 Å². The summed E-state index contributed by atoms with van der Waals surface area (Å²) in [5, 5.41) is 7.47. The van der Waals surface area contributed by atoms with Crippen LogP contribution < -0.4 is 20.7 Å². The number of ether oxygens (including phenoxy) is 1. The molecule has 1 aliphatic heterocycles. The highest BCUT2D eigenvalue weighted by molar-refractivity contribution is 6.07. The van der Waals surface area contributed by atoms with Crippen LogP contribution in [0.15, 0.2) is 59.8 Å². The van der Waals surface area contributed by atoms with Gasteiger partial charge >= 0.3 is 12.2 Å². The fourth-order valence-corrected chi connectivity index (χ4v) is 3.20. The molecule has 3 rings (SSSR count). The lowest BCUT2D eigenvalue weighted by molar-refractivity contribution is -0.137. The first kappa shape index (κ1) is 21.2. The van der Waals surface area contributed by atoms with Crippen LogP contribution in [0.3, 0.4) is 0 Å². The smallest absolute Gasteiger partial charge is 0.418 e. The number of carbonyl (C=O) groups excluding carboxylic acids is 2. The molecule has 30 heavy (non-hydrogen) atoms. The average Bonchev–Trinajstić information content (AvgIpc) is 2.67. The fraction of sp³-hybridized carbons (Fsp3) is 0.238. The number of hydrogen-bond acceptors (Lipinski definition) is 3. The lowest BCUT2D eigenvalue weighted by atomic mass is 9.94. The minimum absolute atomic E-state index is 0.107. The summed E-state index contributed by atoms with van der Waals surface area (Å²) in [6, 6.07) is 10.1. The van der Waals surface area contributed by atoms with E-state index in [-0.39, 0.29) is 17.0 Å². The van der Waals surface area contributed by atoms with Crippen LogP contribution in [0.5, 0.6) is 5.75 Å². The number of anilines is 1. The van der Waals surface area contributed by atoms with E-state index in [2.05, 4.69) is 16.0 Å². The van der Waals surface area contributed by atoms with Crippen LogP contribution in [0.4, 0.5) is 23.7 Å². The van der Waals surface area contributed by atoms with Gasteiger partial charge in [-0.15, -0.1) is 0 Å². The molecule has 1 aliphatic rings. The van der Waals surface area contributed by atoms with Crippen molar-refractivity contribution >= 4 is 17.6 Å². The van der Waals surface area contributed by atoms with Crippen LogP contribution in [0.2, 0.25) is 0 Å². The number of alkyl halides is 3. The van der Waals surface area contributed by atoms with Gasteiger partial charge in [0.1, 0.15) is 5.75 Å². The molecule has 0 spiro atoms. The van der Waals surface area contributed by atoms with Crippen LogP contribution in [0.1, 0.15) is 31.0 Å². The van der Waals surface area contributed by atoms with Gasteiger partial charge in [0.05, 0.1) is 29.5 Å². The van der Waals surface area contributed by atoms with Gasteiger partial charge in [0, 0.05) is 5.70 Å². The first-order chi connectivity index (χ1) is 14.2. The Morgan fingerprint density at radius 3 is 2.43 bits per heavy atom. The molecule has 6 nitrogen and oxygen atoms in total. The maximum atomic E-state index is 13.3. The van der Waals surface area contributed by atoms with Gasteiger partial charge in [0.25, 0.3) is 5.91 Å². The molecule has 9 heteroatoms. The standard InChI is InChI=1S/C21H20F3N3O3/c1-3-30-14-10-8-13(9-11-14)18-17(12(2)25-20(29)27-18)19(28)26-16-7-5-4-6-15(16)21(22,23)24/h4-11,18H,3H2,1-2H3,(H,26,28)(H2,25,27,29)/t18-/m0/s1. The van der Waals surface area contributed by atoms with E-state index in [1.165, 1.54) is 25.1 Å². The number of nitrogens with one attached hydrogen (secondary N) is 3. The summed E-state index contributed by atoms with van der Waals surface area (Å²) < 4.78 is 45.2. The number of allylic oxidation sites excluding steroid dienone is 1. The van der Waals surface area contributed by atoms with Crippen molar-refractivity contribution in [2.45, 2.75) is 26.1 Å². The Morgan fingerprint density at radius 1 is 1.13 bits per heavy atom. The van der Waals surface area contributed by atoms with E-state index in [0.29, 0.717) is 17.9 Å². The molecular formula is C21H20F3N3O3. The highest BCUT2D eigenvalue weighted by Gasteiger charge is 2.35. The maximum Gasteiger partial charge on any atom is 0.418 e. The van der Waals surface area contributed by atoms with Gasteiger partial charge in [-0.05, 0) is 43.7 Å². The Morgan fingerprint density at radius 2 is 1.80 bits per heavy atom. The molecule has 0 aliphatic carbocycles. The summed E-state index contributed by atoms with van der Waals surface area (Å²) in [5.41, 5.74) is -0.378. The van der Waals surface area contributed by atoms with Crippen molar-refractivity contribution in [3.8, 4) is 5.75 Å². The summed E-state index contributed by atoms with van der Waals surface area (Å²) in [7, 11) is 0. The van der Waals surface area contributed by atoms with Gasteiger partial charge in [0.15, 0.2) is 0 Å². The number of halogens is 3. The normalized spacial score (nSPS) is 16.6. The third-order valence-electron chi connectivity index (χ3n) is 4.52. The summed E-state index contributed by atoms with van der Waals surface area (Å²) in [4.78, 5) is 24.9. The molecule has 0 saturated carbocycles. The van der Waals surface area contributed by atoms with E-state index >= 15 is 0 Å². The summed E-state index contributed by atoms with van der Waals surface area (Å²) in [6.45, 7) is 3.84. The van der Waals surface area contributed by atoms with E-state index in [1.54, 1.807) is 24.3 Å². The molecule has 2 aromatic carbocycles. The van der Waals surface area contributed by atoms with E-state index in [1.807, 2.05) is 6.92 Å². The van der Waals surface area contributed by atoms with Crippen LogP contribution in [-0.4, -0.2) is 18.5 Å². The van der Waals surface area contributed by atoms with Crippen molar-refractivity contribution in [2.24, 2.45) is 0 Å². The first-order valence-corrected chi connectivity index (χ1v) is 9.19. The second kappa shape index (κ2) is 8.48. The van der Waals surface area contributed by atoms with Crippen molar-refractivity contribution in [1.82, 2.24) is 10.6 Å². The van der Waals surface area contributed by atoms with Crippen molar-refractivity contribution in [3.63, 3.8) is 0 Å². The predicted molar refractivity (Wildman–Crippen MR) is 105 cm³/mol. The Kier molecular flexibility index (Phi) is 6.00. The number of carbonyl (C=O) groups is 2. The second-order valence-corrected chi connectivity index (χ2v) is 6.57. The summed E-state index contributed by atoms with van der Waals surface area (Å²) in [6.07, 6.45) is -4.62. The number of para-hydroxylation sites is 1. The van der Waals surface area contributed by atoms with Gasteiger partial charge in [-0.25, -0.2) is 4.79 Å². The lowest BCUT2D eigenvalue weighted by Crippen LogP contribution is -2.46. The van der Waals surface area contributed by atoms with Gasteiger partial charge in [-0.1, -0.05) is 24.3 Å². The van der Waals surface area contributed by atoms with Crippen LogP contribution in [0, 0.1) is 0 Å². The summed E-state index contributed by atoms with van der Waals surface area (Å²) in [5.74, 6) is -0.136. The van der Waals surface area contributed by atoms with E-state index in [9.17, 15) is 22.8 Å². The average molecular weight is 419 g/mol. The topological polar surface area (TPSA) is 79.5 Å². The quantitative estimate of drug-likeness (QED) is 0.673. The van der Waals surface area contributed by atoms with Crippen molar-refractivity contribution in [3.05, 3.63) is 70.9 Å². The third-order valence-corrected chi connectivity index (χ3v) is 4.52. The predicted octanol–water partition coefficient (Wildman–Crippen LogP) is 4.37. The number of benzene rings is 2. The minimum Gasteiger partial charge on any atom is -0.494 e. The molecule has 0 unspecified atom stereocenters. The van der Waals surface area contributed by atoms with E-state index in [0.717, 1.165) is 6.07 Å². The Hall–Kier alpha value is -3.49. The zero-order chi connectivity index (χ0) is 21.9. The lowest BCUT2D eigenvalue weighted by Gasteiger charge is -2.29. The van der Waals surface area contributed by atoms with Crippen molar-refractivity contribution in [1.29, 1.82) is 0 Å². The van der Waals surface area contributed by atoms with Gasteiger partial charge in [0.2, 0.25) is 0 Å². The third kappa shape index (κ3) is 4.56. The van der Waals surface area contributed by atoms with Crippen molar-refractivity contribution < 1.29 is 27.5 Å². The number of hydrogen-bond donors (Lipinski definition) is 3. The van der Waals surface area contributed by atoms with E-state index in [4.69, 9.17) is 4.74 Å². The molecule has 0 fully saturated rings. The summed E-state index contributed by atoms with van der Waals surface area (Å²) >= 11 is 0.